The van der Waals surface area contributed by atoms with Gasteiger partial charge in [-0.15, -0.1) is 0 Å². The molecular weight excluding hydrogens is 368 g/mol. The van der Waals surface area contributed by atoms with Crippen LogP contribution >= 0.6 is 11.6 Å². The Labute approximate surface area is 161 Å². The lowest BCUT2D eigenvalue weighted by molar-refractivity contribution is 0.102. The Morgan fingerprint density at radius 3 is 2.59 bits per heavy atom. The molecule has 0 spiro atoms. The molecule has 0 aliphatic rings. The quantitative estimate of drug-likeness (QED) is 0.721. The second-order valence-corrected chi connectivity index (χ2v) is 6.28. The van der Waals surface area contributed by atoms with Crippen LogP contribution in [0, 0.1) is 0 Å². The molecule has 7 heteroatoms. The molecule has 1 N–H and O–H groups in total. The number of hydrogen-bond donors (Lipinski definition) is 1. The lowest BCUT2D eigenvalue weighted by Gasteiger charge is -2.14. The Morgan fingerprint density at radius 2 is 1.93 bits per heavy atom. The van der Waals surface area contributed by atoms with E-state index >= 15 is 0 Å². The number of hydrogen-bond acceptors (Lipinski definition) is 4. The Morgan fingerprint density at radius 1 is 1.15 bits per heavy atom. The molecule has 0 atom stereocenters. The van der Waals surface area contributed by atoms with Crippen LogP contribution in [-0.2, 0) is 6.54 Å². The van der Waals surface area contributed by atoms with E-state index in [1.54, 1.807) is 42.6 Å². The summed E-state index contributed by atoms with van der Waals surface area (Å²) in [7, 11) is 3.02. The van der Waals surface area contributed by atoms with E-state index in [1.807, 2.05) is 11.5 Å². The van der Waals surface area contributed by atoms with E-state index in [1.165, 1.54) is 14.2 Å². The van der Waals surface area contributed by atoms with Crippen molar-refractivity contribution in [3.05, 3.63) is 63.4 Å². The van der Waals surface area contributed by atoms with Crippen LogP contribution in [0.1, 0.15) is 17.3 Å². The summed E-state index contributed by atoms with van der Waals surface area (Å²) in [6, 6.07) is 10.1. The lowest BCUT2D eigenvalue weighted by atomic mass is 10.1. The molecule has 140 valence electrons. The highest BCUT2D eigenvalue weighted by atomic mass is 35.5. The maximum Gasteiger partial charge on any atom is 0.261 e. The molecule has 0 fully saturated rings. The summed E-state index contributed by atoms with van der Waals surface area (Å²) in [6.07, 6.45) is 1.56. The Bertz CT molecular complexity index is 1080. The smallest absolute Gasteiger partial charge is 0.261 e. The van der Waals surface area contributed by atoms with Crippen LogP contribution in [0.5, 0.6) is 11.5 Å². The van der Waals surface area contributed by atoms with Gasteiger partial charge in [-0.3, -0.25) is 9.59 Å². The Kier molecular flexibility index (Phi) is 5.37. The maximum absolute atomic E-state index is 12.9. The third kappa shape index (κ3) is 3.61. The van der Waals surface area contributed by atoms with Crippen molar-refractivity contribution in [1.82, 2.24) is 4.57 Å². The molecule has 3 rings (SSSR count). The van der Waals surface area contributed by atoms with Gasteiger partial charge in [0.25, 0.3) is 5.91 Å². The van der Waals surface area contributed by atoms with E-state index in [4.69, 9.17) is 21.1 Å². The highest BCUT2D eigenvalue weighted by Gasteiger charge is 2.17. The van der Waals surface area contributed by atoms with Crippen LogP contribution in [0.4, 0.5) is 5.69 Å². The molecule has 1 heterocycles. The minimum absolute atomic E-state index is 0.0274. The van der Waals surface area contributed by atoms with E-state index in [-0.39, 0.29) is 11.0 Å². The number of carbonyl (C=O) groups excluding carboxylic acids is 1. The van der Waals surface area contributed by atoms with Gasteiger partial charge >= 0.3 is 0 Å². The zero-order valence-corrected chi connectivity index (χ0v) is 16.0. The van der Waals surface area contributed by atoms with Crippen molar-refractivity contribution >= 4 is 34.1 Å². The number of nitrogens with zero attached hydrogens (tertiary/aromatic N) is 1. The first-order valence-corrected chi connectivity index (χ1v) is 8.72. The van der Waals surface area contributed by atoms with E-state index in [0.717, 1.165) is 5.52 Å². The molecule has 6 nitrogen and oxygen atoms in total. The van der Waals surface area contributed by atoms with Crippen LogP contribution in [0.25, 0.3) is 10.9 Å². The fraction of sp³-hybridized carbons (Fsp3) is 0.200. The van der Waals surface area contributed by atoms with Crippen molar-refractivity contribution in [3.63, 3.8) is 0 Å². The first kappa shape index (κ1) is 18.8. The largest absolute Gasteiger partial charge is 0.497 e. The number of amides is 1. The lowest BCUT2D eigenvalue weighted by Crippen LogP contribution is -2.24. The van der Waals surface area contributed by atoms with Crippen LogP contribution in [-0.4, -0.2) is 24.7 Å². The molecule has 27 heavy (non-hydrogen) atoms. The summed E-state index contributed by atoms with van der Waals surface area (Å²) in [5, 5.41) is 3.57. The molecule has 0 bridgehead atoms. The van der Waals surface area contributed by atoms with Gasteiger partial charge in [0.15, 0.2) is 0 Å². The van der Waals surface area contributed by atoms with Crippen LogP contribution in [0.3, 0.4) is 0 Å². The fourth-order valence-corrected chi connectivity index (χ4v) is 3.07. The van der Waals surface area contributed by atoms with Crippen molar-refractivity contribution in [1.29, 1.82) is 0 Å². The summed E-state index contributed by atoms with van der Waals surface area (Å²) in [5.74, 6) is 0.467. The second kappa shape index (κ2) is 7.72. The number of benzene rings is 2. The molecule has 3 aromatic rings. The second-order valence-electron chi connectivity index (χ2n) is 5.84. The number of anilines is 1. The molecule has 1 aromatic heterocycles. The number of ether oxygens (including phenoxy) is 2. The maximum atomic E-state index is 12.9. The third-order valence-electron chi connectivity index (χ3n) is 4.28. The topological polar surface area (TPSA) is 69.6 Å². The molecule has 0 aliphatic carbocycles. The highest BCUT2D eigenvalue weighted by molar-refractivity contribution is 6.31. The van der Waals surface area contributed by atoms with Crippen molar-refractivity contribution < 1.29 is 14.3 Å². The fourth-order valence-electron chi connectivity index (χ4n) is 2.89. The molecule has 0 aliphatic heterocycles. The number of aryl methyl sites for hydroxylation is 1. The minimum Gasteiger partial charge on any atom is -0.497 e. The van der Waals surface area contributed by atoms with E-state index in [9.17, 15) is 9.59 Å². The number of aromatic nitrogens is 1. The van der Waals surface area contributed by atoms with Gasteiger partial charge in [-0.25, -0.2) is 0 Å². The first-order valence-electron chi connectivity index (χ1n) is 8.34. The predicted molar refractivity (Wildman–Crippen MR) is 106 cm³/mol. The number of fused-ring (bicyclic) bond motifs is 1. The number of pyridine rings is 1. The molecule has 0 radical (unpaired) electrons. The van der Waals surface area contributed by atoms with E-state index < -0.39 is 5.91 Å². The van der Waals surface area contributed by atoms with Crippen molar-refractivity contribution in [2.24, 2.45) is 0 Å². The summed E-state index contributed by atoms with van der Waals surface area (Å²) in [6.45, 7) is 2.54. The first-order chi connectivity index (χ1) is 13.0. The number of methoxy groups -OCH3 is 2. The minimum atomic E-state index is -0.535. The summed E-state index contributed by atoms with van der Waals surface area (Å²) in [4.78, 5) is 25.8. The highest BCUT2D eigenvalue weighted by Crippen LogP contribution is 2.28. The van der Waals surface area contributed by atoms with Crippen molar-refractivity contribution in [3.8, 4) is 11.5 Å². The molecule has 0 saturated heterocycles. The van der Waals surface area contributed by atoms with Gasteiger partial charge in [0.05, 0.1) is 30.8 Å². The molecular formula is C20H19ClN2O4. The third-order valence-corrected chi connectivity index (χ3v) is 4.52. The SMILES string of the molecule is CCn1cc(C(=O)Nc2cc(Cl)ccc2OC)c(=O)c2cc(OC)ccc21. The number of nitrogens with one attached hydrogen (secondary N) is 1. The predicted octanol–water partition coefficient (Wildman–Crippen LogP) is 3.94. The van der Waals surface area contributed by atoms with Crippen LogP contribution in [0.2, 0.25) is 5.02 Å². The zero-order valence-electron chi connectivity index (χ0n) is 15.2. The zero-order chi connectivity index (χ0) is 19.6. The number of halogens is 1. The average Bonchev–Trinajstić information content (AvgIpc) is 2.68. The van der Waals surface area contributed by atoms with Gasteiger partial charge in [-0.2, -0.15) is 0 Å². The summed E-state index contributed by atoms with van der Waals surface area (Å²) < 4.78 is 12.3. The van der Waals surface area contributed by atoms with Gasteiger partial charge < -0.3 is 19.4 Å². The summed E-state index contributed by atoms with van der Waals surface area (Å²) >= 11 is 6.01. The standard InChI is InChI=1S/C20H19ClN2O4/c1-4-23-11-15(19(24)14-10-13(26-2)6-7-17(14)23)20(25)22-16-9-12(21)5-8-18(16)27-3/h5-11H,4H2,1-3H3,(H,22,25). The van der Waals surface area contributed by atoms with Crippen molar-refractivity contribution in [2.75, 3.05) is 19.5 Å². The molecule has 0 saturated carbocycles. The average molecular weight is 387 g/mol. The molecule has 2 aromatic carbocycles. The normalized spacial score (nSPS) is 10.7. The molecule has 0 unspecified atom stereocenters. The number of rotatable bonds is 5. The summed E-state index contributed by atoms with van der Waals surface area (Å²) in [5.41, 5.74) is 0.787. The van der Waals surface area contributed by atoms with Gasteiger partial charge in [-0.1, -0.05) is 11.6 Å². The van der Waals surface area contributed by atoms with Gasteiger partial charge in [0.2, 0.25) is 5.43 Å². The van der Waals surface area contributed by atoms with Gasteiger partial charge in [-0.05, 0) is 43.3 Å². The number of carbonyl (C=O) groups is 1. The van der Waals surface area contributed by atoms with E-state index in [0.29, 0.717) is 34.1 Å². The van der Waals surface area contributed by atoms with Gasteiger partial charge in [0.1, 0.15) is 17.1 Å². The van der Waals surface area contributed by atoms with E-state index in [2.05, 4.69) is 5.32 Å². The monoisotopic (exact) mass is 386 g/mol. The van der Waals surface area contributed by atoms with Gasteiger partial charge in [0, 0.05) is 17.8 Å². The van der Waals surface area contributed by atoms with Crippen LogP contribution in [0.15, 0.2) is 47.4 Å². The Balaban J connectivity index is 2.11. The molecule has 1 amide bonds. The van der Waals surface area contributed by atoms with Crippen molar-refractivity contribution in [2.45, 2.75) is 13.5 Å². The van der Waals surface area contributed by atoms with Crippen LogP contribution < -0.4 is 20.2 Å². The Hall–Kier alpha value is -2.99.